The third-order valence-corrected chi connectivity index (χ3v) is 4.62. The molecule has 3 nitrogen and oxygen atoms in total. The second-order valence-electron chi connectivity index (χ2n) is 6.13. The fourth-order valence-corrected chi connectivity index (χ4v) is 3.24. The van der Waals surface area contributed by atoms with Crippen molar-refractivity contribution in [2.24, 2.45) is 5.92 Å². The van der Waals surface area contributed by atoms with E-state index in [4.69, 9.17) is 17.3 Å². The number of nitrogen functional groups attached to an aromatic ring is 1. The Labute approximate surface area is 137 Å². The van der Waals surface area contributed by atoms with Gasteiger partial charge in [0.15, 0.2) is 0 Å². The number of aromatic nitrogens is 1. The summed E-state index contributed by atoms with van der Waals surface area (Å²) in [6.45, 7) is 3.50. The molecule has 1 aliphatic rings. The van der Waals surface area contributed by atoms with Gasteiger partial charge in [0.1, 0.15) is 5.82 Å². The first-order chi connectivity index (χ1) is 10.7. The van der Waals surface area contributed by atoms with Gasteiger partial charge in [0.05, 0.1) is 0 Å². The van der Waals surface area contributed by atoms with Crippen molar-refractivity contribution in [1.82, 2.24) is 9.88 Å². The van der Waals surface area contributed by atoms with Gasteiger partial charge < -0.3 is 10.6 Å². The molecule has 2 N–H and O–H groups in total. The van der Waals surface area contributed by atoms with Crippen molar-refractivity contribution in [3.63, 3.8) is 0 Å². The quantitative estimate of drug-likeness (QED) is 0.919. The molecule has 1 aromatic carbocycles. The summed E-state index contributed by atoms with van der Waals surface area (Å²) in [6.07, 6.45) is 5.37. The Morgan fingerprint density at radius 3 is 2.64 bits per heavy atom. The molecule has 1 aliphatic heterocycles. The number of anilines is 1. The van der Waals surface area contributed by atoms with Crippen LogP contribution in [0.25, 0.3) is 0 Å². The van der Waals surface area contributed by atoms with Crippen LogP contribution in [0.4, 0.5) is 5.82 Å². The second kappa shape index (κ2) is 7.12. The molecule has 116 valence electrons. The van der Waals surface area contributed by atoms with Crippen molar-refractivity contribution in [2.45, 2.75) is 19.3 Å². The van der Waals surface area contributed by atoms with Crippen molar-refractivity contribution in [1.29, 1.82) is 0 Å². The normalized spacial score (nSPS) is 18.7. The molecule has 1 atom stereocenters. The van der Waals surface area contributed by atoms with Crippen LogP contribution < -0.4 is 5.73 Å². The van der Waals surface area contributed by atoms with Gasteiger partial charge in [0.2, 0.25) is 0 Å². The van der Waals surface area contributed by atoms with E-state index in [1.54, 1.807) is 0 Å². The molecule has 0 aliphatic carbocycles. The maximum Gasteiger partial charge on any atom is 0.123 e. The van der Waals surface area contributed by atoms with Crippen molar-refractivity contribution in [3.8, 4) is 0 Å². The molecule has 0 bridgehead atoms. The fraction of sp³-hybridized carbons (Fsp3) is 0.389. The number of likely N-dealkylation sites (tertiary alicyclic amines) is 1. The average Bonchev–Trinajstić information content (AvgIpc) is 2.97. The maximum atomic E-state index is 5.92. The molecule has 3 rings (SSSR count). The van der Waals surface area contributed by atoms with E-state index in [9.17, 15) is 0 Å². The number of hydrogen-bond donors (Lipinski definition) is 1. The predicted octanol–water partition coefficient (Wildman–Crippen LogP) is 3.42. The number of nitrogens with zero attached hydrogens (tertiary/aromatic N) is 2. The van der Waals surface area contributed by atoms with E-state index in [2.05, 4.69) is 28.1 Å². The highest BCUT2D eigenvalue weighted by Crippen LogP contribution is 2.21. The zero-order valence-electron chi connectivity index (χ0n) is 12.7. The minimum atomic E-state index is 0.597. The number of benzene rings is 1. The summed E-state index contributed by atoms with van der Waals surface area (Å²) in [7, 11) is 0. The number of nitrogens with two attached hydrogens (primary N) is 1. The zero-order chi connectivity index (χ0) is 15.4. The number of halogens is 1. The van der Waals surface area contributed by atoms with E-state index >= 15 is 0 Å². The smallest absolute Gasteiger partial charge is 0.123 e. The molecule has 0 amide bonds. The summed E-state index contributed by atoms with van der Waals surface area (Å²) in [5.74, 6) is 1.33. The molecule has 1 aromatic heterocycles. The van der Waals surface area contributed by atoms with Crippen LogP contribution in [0.15, 0.2) is 42.6 Å². The topological polar surface area (TPSA) is 42.1 Å². The van der Waals surface area contributed by atoms with Crippen LogP contribution in [0, 0.1) is 5.92 Å². The van der Waals surface area contributed by atoms with E-state index in [-0.39, 0.29) is 0 Å². The molecular weight excluding hydrogens is 294 g/mol. The molecular formula is C18H22ClN3. The standard InChI is InChI=1S/C18H22ClN3/c19-17-4-1-14(2-5-17)7-9-22-10-8-16(13-22)11-15-3-6-18(20)21-12-15/h1-6,12,16H,7-11,13H2,(H2,20,21). The lowest BCUT2D eigenvalue weighted by atomic mass is 10.00. The first kappa shape index (κ1) is 15.3. The molecule has 1 fully saturated rings. The van der Waals surface area contributed by atoms with E-state index in [0.29, 0.717) is 5.82 Å². The van der Waals surface area contributed by atoms with Gasteiger partial charge in [-0.25, -0.2) is 4.98 Å². The number of hydrogen-bond acceptors (Lipinski definition) is 3. The van der Waals surface area contributed by atoms with Crippen LogP contribution >= 0.6 is 11.6 Å². The Morgan fingerprint density at radius 2 is 1.91 bits per heavy atom. The van der Waals surface area contributed by atoms with Crippen LogP contribution in [0.3, 0.4) is 0 Å². The fourth-order valence-electron chi connectivity index (χ4n) is 3.11. The molecule has 1 saturated heterocycles. The summed E-state index contributed by atoms with van der Waals surface area (Å²) in [5, 5.41) is 0.807. The molecule has 2 heterocycles. The summed E-state index contributed by atoms with van der Waals surface area (Å²) >= 11 is 5.92. The molecule has 1 unspecified atom stereocenters. The van der Waals surface area contributed by atoms with E-state index in [1.807, 2.05) is 24.4 Å². The molecule has 0 spiro atoms. The predicted molar refractivity (Wildman–Crippen MR) is 92.1 cm³/mol. The van der Waals surface area contributed by atoms with Crippen molar-refractivity contribution < 1.29 is 0 Å². The van der Waals surface area contributed by atoms with Gasteiger partial charge in [0, 0.05) is 24.3 Å². The first-order valence-electron chi connectivity index (χ1n) is 7.86. The van der Waals surface area contributed by atoms with Crippen LogP contribution in [0.2, 0.25) is 5.02 Å². The van der Waals surface area contributed by atoms with Crippen molar-refractivity contribution in [3.05, 3.63) is 58.7 Å². The minimum absolute atomic E-state index is 0.597. The first-order valence-corrected chi connectivity index (χ1v) is 8.24. The van der Waals surface area contributed by atoms with Crippen LogP contribution in [-0.4, -0.2) is 29.5 Å². The van der Waals surface area contributed by atoms with Crippen LogP contribution in [-0.2, 0) is 12.8 Å². The Balaban J connectivity index is 1.45. The lowest BCUT2D eigenvalue weighted by Crippen LogP contribution is -2.23. The summed E-state index contributed by atoms with van der Waals surface area (Å²) in [4.78, 5) is 6.74. The van der Waals surface area contributed by atoms with E-state index < -0.39 is 0 Å². The van der Waals surface area contributed by atoms with Gasteiger partial charge >= 0.3 is 0 Å². The lowest BCUT2D eigenvalue weighted by molar-refractivity contribution is 0.328. The highest BCUT2D eigenvalue weighted by atomic mass is 35.5. The van der Waals surface area contributed by atoms with Gasteiger partial charge in [-0.05, 0) is 61.1 Å². The Kier molecular flexibility index (Phi) is 4.96. The maximum absolute atomic E-state index is 5.92. The minimum Gasteiger partial charge on any atom is -0.384 e. The highest BCUT2D eigenvalue weighted by molar-refractivity contribution is 6.30. The molecule has 2 aromatic rings. The van der Waals surface area contributed by atoms with Crippen LogP contribution in [0.5, 0.6) is 0 Å². The average molecular weight is 316 g/mol. The largest absolute Gasteiger partial charge is 0.384 e. The lowest BCUT2D eigenvalue weighted by Gasteiger charge is -2.16. The Morgan fingerprint density at radius 1 is 1.14 bits per heavy atom. The van der Waals surface area contributed by atoms with E-state index in [0.717, 1.165) is 30.3 Å². The third kappa shape index (κ3) is 4.21. The Bertz CT molecular complexity index is 595. The van der Waals surface area contributed by atoms with Gasteiger partial charge in [-0.3, -0.25) is 0 Å². The van der Waals surface area contributed by atoms with Crippen molar-refractivity contribution in [2.75, 3.05) is 25.4 Å². The summed E-state index contributed by atoms with van der Waals surface area (Å²) in [5.41, 5.74) is 8.28. The van der Waals surface area contributed by atoms with Gasteiger partial charge in [-0.1, -0.05) is 29.8 Å². The summed E-state index contributed by atoms with van der Waals surface area (Å²) < 4.78 is 0. The Hall–Kier alpha value is -1.58. The number of pyridine rings is 1. The van der Waals surface area contributed by atoms with E-state index in [1.165, 1.54) is 30.6 Å². The van der Waals surface area contributed by atoms with Gasteiger partial charge in [0.25, 0.3) is 0 Å². The van der Waals surface area contributed by atoms with Crippen LogP contribution in [0.1, 0.15) is 17.5 Å². The second-order valence-corrected chi connectivity index (χ2v) is 6.56. The monoisotopic (exact) mass is 315 g/mol. The molecule has 0 radical (unpaired) electrons. The van der Waals surface area contributed by atoms with Gasteiger partial charge in [-0.15, -0.1) is 0 Å². The van der Waals surface area contributed by atoms with Gasteiger partial charge in [-0.2, -0.15) is 0 Å². The number of rotatable bonds is 5. The molecule has 4 heteroatoms. The zero-order valence-corrected chi connectivity index (χ0v) is 13.5. The van der Waals surface area contributed by atoms with Crippen molar-refractivity contribution >= 4 is 17.4 Å². The summed E-state index contributed by atoms with van der Waals surface area (Å²) in [6, 6.07) is 12.2. The third-order valence-electron chi connectivity index (χ3n) is 4.37. The highest BCUT2D eigenvalue weighted by Gasteiger charge is 2.22. The molecule has 0 saturated carbocycles. The molecule has 22 heavy (non-hydrogen) atoms. The SMILES string of the molecule is Nc1ccc(CC2CCN(CCc3ccc(Cl)cc3)C2)cn1.